The Hall–Kier alpha value is -0.530. The van der Waals surface area contributed by atoms with Crippen LogP contribution < -0.4 is 0 Å². The average Bonchev–Trinajstić information content (AvgIpc) is 2.25. The first-order chi connectivity index (χ1) is 6.86. The van der Waals surface area contributed by atoms with E-state index in [9.17, 15) is 0 Å². The summed E-state index contributed by atoms with van der Waals surface area (Å²) >= 11 is 5.87. The third-order valence-corrected chi connectivity index (χ3v) is 2.58. The summed E-state index contributed by atoms with van der Waals surface area (Å²) in [5.74, 6) is 1.09. The number of rotatable bonds is 6. The van der Waals surface area contributed by atoms with Gasteiger partial charge in [-0.05, 0) is 24.8 Å². The van der Waals surface area contributed by atoms with Gasteiger partial charge >= 0.3 is 0 Å². The molecule has 0 spiro atoms. The maximum Gasteiger partial charge on any atom is 0.0508 e. The monoisotopic (exact) mass is 212 g/mol. The van der Waals surface area contributed by atoms with Crippen LogP contribution in [0.3, 0.4) is 0 Å². The number of hydrogen-bond donors (Lipinski definition) is 0. The van der Waals surface area contributed by atoms with Gasteiger partial charge in [-0.2, -0.15) is 0 Å². The van der Waals surface area contributed by atoms with Gasteiger partial charge in [0.2, 0.25) is 0 Å². The van der Waals surface area contributed by atoms with Crippen LogP contribution in [0.5, 0.6) is 0 Å². The summed E-state index contributed by atoms with van der Waals surface area (Å²) in [7, 11) is 0. The van der Waals surface area contributed by atoms with E-state index in [1.54, 1.807) is 0 Å². The summed E-state index contributed by atoms with van der Waals surface area (Å²) in [5, 5.41) is 0. The average molecular weight is 213 g/mol. The molecular formula is C12H17ClO. The molecule has 1 rings (SSSR count). The fraction of sp³-hybridized carbons (Fsp3) is 0.500. The molecule has 0 saturated carbocycles. The van der Waals surface area contributed by atoms with Gasteiger partial charge in [-0.25, -0.2) is 0 Å². The Balaban J connectivity index is 2.40. The van der Waals surface area contributed by atoms with E-state index in [0.29, 0.717) is 11.8 Å². The molecule has 78 valence electrons. The molecule has 0 aliphatic heterocycles. The quantitative estimate of drug-likeness (QED) is 0.659. The lowest BCUT2D eigenvalue weighted by atomic mass is 10.0. The zero-order chi connectivity index (χ0) is 10.2. The highest BCUT2D eigenvalue weighted by Gasteiger charge is 2.07. The first-order valence-electron chi connectivity index (χ1n) is 5.04. The SMILES string of the molecule is CCOCC(CCl)Cc1ccccc1. The van der Waals surface area contributed by atoms with Crippen molar-refractivity contribution in [2.45, 2.75) is 13.3 Å². The van der Waals surface area contributed by atoms with Crippen molar-refractivity contribution in [3.05, 3.63) is 35.9 Å². The maximum atomic E-state index is 5.87. The van der Waals surface area contributed by atoms with Crippen LogP contribution in [0.25, 0.3) is 0 Å². The summed E-state index contributed by atoms with van der Waals surface area (Å²) in [5.41, 5.74) is 1.33. The van der Waals surface area contributed by atoms with Crippen LogP contribution in [-0.2, 0) is 11.2 Å². The molecular weight excluding hydrogens is 196 g/mol. The molecule has 0 amide bonds. The molecule has 1 nitrogen and oxygen atoms in total. The highest BCUT2D eigenvalue weighted by atomic mass is 35.5. The second kappa shape index (κ2) is 6.86. The van der Waals surface area contributed by atoms with Crippen molar-refractivity contribution in [2.75, 3.05) is 19.1 Å². The van der Waals surface area contributed by atoms with E-state index in [4.69, 9.17) is 16.3 Å². The number of benzene rings is 1. The second-order valence-electron chi connectivity index (χ2n) is 3.37. The van der Waals surface area contributed by atoms with Gasteiger partial charge in [-0.1, -0.05) is 30.3 Å². The van der Waals surface area contributed by atoms with Crippen LogP contribution in [-0.4, -0.2) is 19.1 Å². The summed E-state index contributed by atoms with van der Waals surface area (Å²) in [6.45, 7) is 3.53. The van der Waals surface area contributed by atoms with Gasteiger partial charge in [0.1, 0.15) is 0 Å². The topological polar surface area (TPSA) is 9.23 Å². The summed E-state index contributed by atoms with van der Waals surface area (Å²) < 4.78 is 5.37. The van der Waals surface area contributed by atoms with Crippen LogP contribution in [0.1, 0.15) is 12.5 Å². The molecule has 0 bridgehead atoms. The Morgan fingerprint density at radius 1 is 1.29 bits per heavy atom. The number of ether oxygens (including phenoxy) is 1. The van der Waals surface area contributed by atoms with E-state index in [1.807, 2.05) is 13.0 Å². The smallest absolute Gasteiger partial charge is 0.0508 e. The van der Waals surface area contributed by atoms with Crippen molar-refractivity contribution < 1.29 is 4.74 Å². The minimum Gasteiger partial charge on any atom is -0.381 e. The van der Waals surface area contributed by atoms with Crippen LogP contribution in [0, 0.1) is 5.92 Å². The van der Waals surface area contributed by atoms with E-state index in [0.717, 1.165) is 19.6 Å². The standard InChI is InChI=1S/C12H17ClO/c1-2-14-10-12(9-13)8-11-6-4-3-5-7-11/h3-7,12H,2,8-10H2,1H3. The van der Waals surface area contributed by atoms with Gasteiger partial charge in [-0.3, -0.25) is 0 Å². The van der Waals surface area contributed by atoms with Crippen LogP contribution in [0.2, 0.25) is 0 Å². The predicted molar refractivity (Wildman–Crippen MR) is 60.8 cm³/mol. The molecule has 14 heavy (non-hydrogen) atoms. The zero-order valence-electron chi connectivity index (χ0n) is 8.58. The third-order valence-electron chi connectivity index (χ3n) is 2.14. The molecule has 0 aliphatic rings. The van der Waals surface area contributed by atoms with Crippen LogP contribution >= 0.6 is 11.6 Å². The summed E-state index contributed by atoms with van der Waals surface area (Å²) in [6, 6.07) is 10.4. The molecule has 0 radical (unpaired) electrons. The van der Waals surface area contributed by atoms with E-state index in [2.05, 4.69) is 24.3 Å². The van der Waals surface area contributed by atoms with Crippen molar-refractivity contribution in [3.63, 3.8) is 0 Å². The Bertz CT molecular complexity index is 235. The highest BCUT2D eigenvalue weighted by Crippen LogP contribution is 2.10. The molecule has 0 fully saturated rings. The molecule has 2 heteroatoms. The molecule has 1 aromatic rings. The van der Waals surface area contributed by atoms with E-state index < -0.39 is 0 Å². The molecule has 0 saturated heterocycles. The van der Waals surface area contributed by atoms with E-state index in [-0.39, 0.29) is 0 Å². The van der Waals surface area contributed by atoms with Gasteiger partial charge in [0, 0.05) is 12.5 Å². The molecule has 1 atom stereocenters. The van der Waals surface area contributed by atoms with Crippen LogP contribution in [0.15, 0.2) is 30.3 Å². The Morgan fingerprint density at radius 2 is 2.00 bits per heavy atom. The third kappa shape index (κ3) is 4.12. The first kappa shape index (κ1) is 11.5. The summed E-state index contributed by atoms with van der Waals surface area (Å²) in [6.07, 6.45) is 1.00. The first-order valence-corrected chi connectivity index (χ1v) is 5.58. The van der Waals surface area contributed by atoms with Gasteiger partial charge in [0.25, 0.3) is 0 Å². The highest BCUT2D eigenvalue weighted by molar-refractivity contribution is 6.18. The molecule has 1 aromatic carbocycles. The number of hydrogen-bond acceptors (Lipinski definition) is 1. The van der Waals surface area contributed by atoms with E-state index >= 15 is 0 Å². The van der Waals surface area contributed by atoms with Crippen molar-refractivity contribution >= 4 is 11.6 Å². The van der Waals surface area contributed by atoms with Gasteiger partial charge in [0.15, 0.2) is 0 Å². The normalized spacial score (nSPS) is 12.7. The Labute approximate surface area is 91.0 Å². The van der Waals surface area contributed by atoms with Crippen LogP contribution in [0.4, 0.5) is 0 Å². The lowest BCUT2D eigenvalue weighted by molar-refractivity contribution is 0.117. The molecule has 1 unspecified atom stereocenters. The molecule has 0 aliphatic carbocycles. The fourth-order valence-electron chi connectivity index (χ4n) is 1.39. The van der Waals surface area contributed by atoms with E-state index in [1.165, 1.54) is 5.56 Å². The fourth-order valence-corrected chi connectivity index (χ4v) is 1.59. The zero-order valence-corrected chi connectivity index (χ0v) is 9.33. The predicted octanol–water partition coefficient (Wildman–Crippen LogP) is 3.12. The lowest BCUT2D eigenvalue weighted by Gasteiger charge is -2.13. The van der Waals surface area contributed by atoms with Gasteiger partial charge in [0.05, 0.1) is 6.61 Å². The van der Waals surface area contributed by atoms with Crippen molar-refractivity contribution in [1.82, 2.24) is 0 Å². The maximum absolute atomic E-state index is 5.87. The largest absolute Gasteiger partial charge is 0.381 e. The Kier molecular flexibility index (Phi) is 5.65. The van der Waals surface area contributed by atoms with Gasteiger partial charge in [-0.15, -0.1) is 11.6 Å². The summed E-state index contributed by atoms with van der Waals surface area (Å²) in [4.78, 5) is 0. The lowest BCUT2D eigenvalue weighted by Crippen LogP contribution is -2.14. The minimum absolute atomic E-state index is 0.430. The molecule has 0 heterocycles. The molecule has 0 N–H and O–H groups in total. The minimum atomic E-state index is 0.430. The number of halogens is 1. The number of alkyl halides is 1. The van der Waals surface area contributed by atoms with Crippen molar-refractivity contribution in [2.24, 2.45) is 5.92 Å². The van der Waals surface area contributed by atoms with Gasteiger partial charge < -0.3 is 4.74 Å². The Morgan fingerprint density at radius 3 is 2.57 bits per heavy atom. The molecule has 0 aromatic heterocycles. The van der Waals surface area contributed by atoms with Crippen molar-refractivity contribution in [1.29, 1.82) is 0 Å². The van der Waals surface area contributed by atoms with Crippen molar-refractivity contribution in [3.8, 4) is 0 Å². The second-order valence-corrected chi connectivity index (χ2v) is 3.68.